The molecule has 2 fully saturated rings. The number of carbonyl (C=O) groups excluding carboxylic acids is 2. The van der Waals surface area contributed by atoms with Gasteiger partial charge < -0.3 is 9.64 Å². The SMILES string of the molecule is C[C@H](Oc1ccc([N+](=O)[O-])cc1)C(=O)N1CCC(=O)[C@@H]2CCCC[C@@H]21. The smallest absolute Gasteiger partial charge is 0.269 e. The van der Waals surface area contributed by atoms with Crippen molar-refractivity contribution in [3.05, 3.63) is 34.4 Å². The number of nitrogens with zero attached hydrogens (tertiary/aromatic N) is 2. The van der Waals surface area contributed by atoms with E-state index in [4.69, 9.17) is 4.74 Å². The summed E-state index contributed by atoms with van der Waals surface area (Å²) in [5.41, 5.74) is -0.0223. The predicted molar refractivity (Wildman–Crippen MR) is 90.3 cm³/mol. The number of amides is 1. The summed E-state index contributed by atoms with van der Waals surface area (Å²) in [6, 6.07) is 5.67. The molecule has 1 saturated carbocycles. The van der Waals surface area contributed by atoms with Gasteiger partial charge in [-0.2, -0.15) is 0 Å². The lowest BCUT2D eigenvalue weighted by molar-refractivity contribution is -0.384. The summed E-state index contributed by atoms with van der Waals surface area (Å²) in [5.74, 6) is 0.540. The van der Waals surface area contributed by atoms with E-state index in [1.54, 1.807) is 11.8 Å². The molecule has 1 heterocycles. The summed E-state index contributed by atoms with van der Waals surface area (Å²) in [6.45, 7) is 2.13. The van der Waals surface area contributed by atoms with Gasteiger partial charge in [-0.25, -0.2) is 0 Å². The molecule has 7 nitrogen and oxygen atoms in total. The average molecular weight is 346 g/mol. The van der Waals surface area contributed by atoms with Gasteiger partial charge in [-0.05, 0) is 31.9 Å². The molecule has 25 heavy (non-hydrogen) atoms. The maximum atomic E-state index is 12.8. The molecule has 1 aromatic rings. The molecule has 1 aliphatic heterocycles. The number of hydrogen-bond donors (Lipinski definition) is 0. The number of ether oxygens (including phenoxy) is 1. The lowest BCUT2D eigenvalue weighted by atomic mass is 9.77. The first kappa shape index (κ1) is 17.4. The van der Waals surface area contributed by atoms with Crippen molar-refractivity contribution in [3.8, 4) is 5.75 Å². The van der Waals surface area contributed by atoms with Gasteiger partial charge in [0.15, 0.2) is 6.10 Å². The maximum absolute atomic E-state index is 12.8. The Hall–Kier alpha value is -2.44. The Morgan fingerprint density at radius 3 is 2.64 bits per heavy atom. The number of non-ortho nitro benzene ring substituents is 1. The third-order valence-corrected chi connectivity index (χ3v) is 5.13. The standard InChI is InChI=1S/C18H22N2O5/c1-12(25-14-8-6-13(7-9-14)20(23)24)18(22)19-11-10-17(21)15-4-2-3-5-16(15)19/h6-9,12,15-16H,2-5,10-11H2,1H3/t12-,15+,16-/m0/s1. The van der Waals surface area contributed by atoms with Crippen LogP contribution < -0.4 is 4.74 Å². The Bertz CT molecular complexity index is 673. The number of rotatable bonds is 4. The van der Waals surface area contributed by atoms with Crippen molar-refractivity contribution < 1.29 is 19.2 Å². The number of Topliss-reactive ketones (excluding diaryl/α,β-unsaturated/α-hetero) is 1. The minimum absolute atomic E-state index is 0.00888. The van der Waals surface area contributed by atoms with Gasteiger partial charge >= 0.3 is 0 Å². The fourth-order valence-electron chi connectivity index (χ4n) is 3.85. The minimum atomic E-state index is -0.697. The van der Waals surface area contributed by atoms with E-state index in [0.29, 0.717) is 18.7 Å². The number of piperidine rings is 1. The summed E-state index contributed by atoms with van der Waals surface area (Å²) in [6.07, 6.45) is 3.53. The molecule has 0 bridgehead atoms. The third kappa shape index (κ3) is 3.65. The van der Waals surface area contributed by atoms with Gasteiger partial charge in [-0.15, -0.1) is 0 Å². The maximum Gasteiger partial charge on any atom is 0.269 e. The van der Waals surface area contributed by atoms with Crippen LogP contribution >= 0.6 is 0 Å². The molecule has 0 N–H and O–H groups in total. The van der Waals surface area contributed by atoms with Crippen LogP contribution in [0.5, 0.6) is 5.75 Å². The van der Waals surface area contributed by atoms with Crippen LogP contribution in [0.4, 0.5) is 5.69 Å². The highest BCUT2D eigenvalue weighted by Gasteiger charge is 2.41. The summed E-state index contributed by atoms with van der Waals surface area (Å²) < 4.78 is 5.67. The second-order valence-electron chi connectivity index (χ2n) is 6.72. The van der Waals surface area contributed by atoms with E-state index in [2.05, 4.69) is 0 Å². The molecule has 0 spiro atoms. The molecule has 7 heteroatoms. The fraction of sp³-hybridized carbons (Fsp3) is 0.556. The molecule has 1 saturated heterocycles. The summed E-state index contributed by atoms with van der Waals surface area (Å²) in [4.78, 5) is 37.0. The second kappa shape index (κ2) is 7.21. The molecular weight excluding hydrogens is 324 g/mol. The van der Waals surface area contributed by atoms with Crippen molar-refractivity contribution in [1.29, 1.82) is 0 Å². The number of nitro groups is 1. The van der Waals surface area contributed by atoms with E-state index >= 15 is 0 Å². The number of hydrogen-bond acceptors (Lipinski definition) is 5. The van der Waals surface area contributed by atoms with E-state index in [0.717, 1.165) is 25.7 Å². The van der Waals surface area contributed by atoms with Gasteiger partial charge in [0, 0.05) is 37.1 Å². The summed E-state index contributed by atoms with van der Waals surface area (Å²) in [7, 11) is 0. The van der Waals surface area contributed by atoms with Gasteiger partial charge in [-0.3, -0.25) is 19.7 Å². The predicted octanol–water partition coefficient (Wildman–Crippen LogP) is 2.72. The first-order chi connectivity index (χ1) is 12.0. The van der Waals surface area contributed by atoms with Crippen LogP contribution in [0.2, 0.25) is 0 Å². The van der Waals surface area contributed by atoms with Crippen LogP contribution in [0.25, 0.3) is 0 Å². The van der Waals surface area contributed by atoms with Gasteiger partial charge in [0.05, 0.1) is 4.92 Å². The summed E-state index contributed by atoms with van der Waals surface area (Å²) >= 11 is 0. The first-order valence-electron chi connectivity index (χ1n) is 8.71. The molecular formula is C18H22N2O5. The largest absolute Gasteiger partial charge is 0.481 e. The molecule has 0 radical (unpaired) electrons. The van der Waals surface area contributed by atoms with Crippen molar-refractivity contribution in [1.82, 2.24) is 4.90 Å². The third-order valence-electron chi connectivity index (χ3n) is 5.13. The number of nitro benzene ring substituents is 1. The Labute approximate surface area is 146 Å². The van der Waals surface area contributed by atoms with Crippen LogP contribution in [0, 0.1) is 16.0 Å². The normalized spacial score (nSPS) is 24.4. The zero-order valence-corrected chi connectivity index (χ0v) is 14.2. The molecule has 0 aromatic heterocycles. The van der Waals surface area contributed by atoms with Crippen molar-refractivity contribution in [2.75, 3.05) is 6.54 Å². The van der Waals surface area contributed by atoms with E-state index in [1.165, 1.54) is 24.3 Å². The number of ketones is 1. The lowest BCUT2D eigenvalue weighted by Crippen LogP contribution is -2.56. The molecule has 134 valence electrons. The zero-order chi connectivity index (χ0) is 18.0. The quantitative estimate of drug-likeness (QED) is 0.618. The van der Waals surface area contributed by atoms with Gasteiger partial charge in [0.1, 0.15) is 11.5 Å². The average Bonchev–Trinajstić information content (AvgIpc) is 2.62. The zero-order valence-electron chi connectivity index (χ0n) is 14.2. The van der Waals surface area contributed by atoms with Gasteiger partial charge in [-0.1, -0.05) is 12.8 Å². The fourth-order valence-corrected chi connectivity index (χ4v) is 3.85. The van der Waals surface area contributed by atoms with Crippen LogP contribution in [-0.2, 0) is 9.59 Å². The Balaban J connectivity index is 1.67. The van der Waals surface area contributed by atoms with Crippen molar-refractivity contribution in [2.45, 2.75) is 51.2 Å². The van der Waals surface area contributed by atoms with Gasteiger partial charge in [0.25, 0.3) is 11.6 Å². The van der Waals surface area contributed by atoms with Crippen molar-refractivity contribution in [3.63, 3.8) is 0 Å². The highest BCUT2D eigenvalue weighted by Crippen LogP contribution is 2.34. The molecule has 3 atom stereocenters. The second-order valence-corrected chi connectivity index (χ2v) is 6.72. The molecule has 0 unspecified atom stereocenters. The Kier molecular flexibility index (Phi) is 5.01. The number of carbonyl (C=O) groups is 2. The molecule has 1 aliphatic carbocycles. The molecule has 1 amide bonds. The van der Waals surface area contributed by atoms with Crippen LogP contribution in [0.15, 0.2) is 24.3 Å². The highest BCUT2D eigenvalue weighted by molar-refractivity contribution is 5.87. The number of likely N-dealkylation sites (tertiary alicyclic amines) is 1. The van der Waals surface area contributed by atoms with Crippen LogP contribution in [0.3, 0.4) is 0 Å². The topological polar surface area (TPSA) is 89.8 Å². The molecule has 3 rings (SSSR count). The molecule has 1 aromatic carbocycles. The minimum Gasteiger partial charge on any atom is -0.481 e. The number of benzene rings is 1. The van der Waals surface area contributed by atoms with Crippen LogP contribution in [-0.4, -0.2) is 40.2 Å². The number of fused-ring (bicyclic) bond motifs is 1. The van der Waals surface area contributed by atoms with Gasteiger partial charge in [0.2, 0.25) is 0 Å². The van der Waals surface area contributed by atoms with E-state index in [-0.39, 0.29) is 29.3 Å². The first-order valence-corrected chi connectivity index (χ1v) is 8.71. The van der Waals surface area contributed by atoms with E-state index in [9.17, 15) is 19.7 Å². The summed E-state index contributed by atoms with van der Waals surface area (Å²) in [5, 5.41) is 10.7. The van der Waals surface area contributed by atoms with E-state index in [1.807, 2.05) is 0 Å². The highest BCUT2D eigenvalue weighted by atomic mass is 16.6. The van der Waals surface area contributed by atoms with Crippen LogP contribution in [0.1, 0.15) is 39.0 Å². The van der Waals surface area contributed by atoms with Crippen molar-refractivity contribution in [2.24, 2.45) is 5.92 Å². The lowest BCUT2D eigenvalue weighted by Gasteiger charge is -2.43. The molecule has 2 aliphatic rings. The Morgan fingerprint density at radius 2 is 1.96 bits per heavy atom. The van der Waals surface area contributed by atoms with E-state index < -0.39 is 11.0 Å². The van der Waals surface area contributed by atoms with Crippen molar-refractivity contribution >= 4 is 17.4 Å². The Morgan fingerprint density at radius 1 is 1.28 bits per heavy atom. The monoisotopic (exact) mass is 346 g/mol.